The Kier molecular flexibility index (Phi) is 7.34. The van der Waals surface area contributed by atoms with Gasteiger partial charge in [-0.1, -0.05) is 76.9 Å². The van der Waals surface area contributed by atoms with Crippen LogP contribution in [0.4, 0.5) is 5.69 Å². The Hall–Kier alpha value is -2.45. The highest BCUT2D eigenvalue weighted by atomic mass is 35.5. The predicted molar refractivity (Wildman–Crippen MR) is 135 cm³/mol. The van der Waals surface area contributed by atoms with Gasteiger partial charge >= 0.3 is 0 Å². The minimum atomic E-state index is -0.257. The minimum absolute atomic E-state index is 0.118. The Bertz CT molecular complexity index is 1340. The highest BCUT2D eigenvalue weighted by molar-refractivity contribution is 7.99. The van der Waals surface area contributed by atoms with E-state index in [1.807, 2.05) is 38.2 Å². The Morgan fingerprint density at radius 1 is 1.06 bits per heavy atom. The second kappa shape index (κ2) is 10.2. The number of nitrogens with zero attached hydrogens (tertiary/aromatic N) is 3. The van der Waals surface area contributed by atoms with Crippen LogP contribution in [0.2, 0.25) is 15.1 Å². The van der Waals surface area contributed by atoms with Crippen LogP contribution in [0.25, 0.3) is 10.8 Å². The molecule has 0 bridgehead atoms. The van der Waals surface area contributed by atoms with Gasteiger partial charge in [-0.25, -0.2) is 0 Å². The van der Waals surface area contributed by atoms with Crippen molar-refractivity contribution in [3.05, 3.63) is 75.0 Å². The number of aryl methyl sites for hydroxylation is 1. The fourth-order valence-electron chi connectivity index (χ4n) is 3.24. The molecule has 0 unspecified atom stereocenters. The topological polar surface area (TPSA) is 69.0 Å². The van der Waals surface area contributed by atoms with Crippen LogP contribution in [0.1, 0.15) is 11.4 Å². The van der Waals surface area contributed by atoms with E-state index in [2.05, 4.69) is 27.6 Å². The van der Waals surface area contributed by atoms with Crippen molar-refractivity contribution in [1.82, 2.24) is 14.8 Å². The average Bonchev–Trinajstić information content (AvgIpc) is 3.15. The Morgan fingerprint density at radius 2 is 1.82 bits per heavy atom. The fraction of sp³-hybridized carbons (Fsp3) is 0.174. The molecule has 1 heterocycles. The maximum absolute atomic E-state index is 12.4. The van der Waals surface area contributed by atoms with E-state index in [1.165, 1.54) is 29.3 Å². The molecule has 4 aromatic rings. The van der Waals surface area contributed by atoms with Crippen molar-refractivity contribution in [2.24, 2.45) is 7.05 Å². The Labute approximate surface area is 210 Å². The van der Waals surface area contributed by atoms with Crippen molar-refractivity contribution >= 4 is 68.9 Å². The van der Waals surface area contributed by atoms with Gasteiger partial charge < -0.3 is 14.6 Å². The molecule has 0 saturated carbocycles. The van der Waals surface area contributed by atoms with Gasteiger partial charge in [-0.05, 0) is 41.5 Å². The molecule has 0 radical (unpaired) electrons. The van der Waals surface area contributed by atoms with Crippen molar-refractivity contribution in [2.75, 3.05) is 11.1 Å². The summed E-state index contributed by atoms with van der Waals surface area (Å²) in [5.74, 6) is 1.31. The maximum Gasteiger partial charge on any atom is 0.234 e. The molecule has 0 saturated heterocycles. The second-order valence-electron chi connectivity index (χ2n) is 7.24. The first kappa shape index (κ1) is 23.7. The van der Waals surface area contributed by atoms with E-state index in [1.54, 1.807) is 4.57 Å². The van der Waals surface area contributed by atoms with E-state index in [0.717, 1.165) is 16.7 Å². The summed E-state index contributed by atoms with van der Waals surface area (Å²) in [4.78, 5) is 12.4. The van der Waals surface area contributed by atoms with Gasteiger partial charge in [0.25, 0.3) is 0 Å². The average molecular weight is 522 g/mol. The van der Waals surface area contributed by atoms with E-state index in [4.69, 9.17) is 39.5 Å². The first-order valence-electron chi connectivity index (χ1n) is 9.90. The number of fused-ring (bicyclic) bond motifs is 1. The molecule has 0 spiro atoms. The number of benzene rings is 3. The molecule has 0 atom stereocenters. The number of aromatic nitrogens is 3. The van der Waals surface area contributed by atoms with E-state index in [-0.39, 0.29) is 18.3 Å². The lowest BCUT2D eigenvalue weighted by Crippen LogP contribution is -2.15. The molecule has 4 rings (SSSR count). The third-order valence-electron chi connectivity index (χ3n) is 5.05. The number of hydrogen-bond donors (Lipinski definition) is 1. The zero-order chi connectivity index (χ0) is 23.5. The first-order chi connectivity index (χ1) is 15.8. The molecule has 1 N–H and O–H groups in total. The second-order valence-corrected chi connectivity index (χ2v) is 9.40. The number of rotatable bonds is 7. The zero-order valence-electron chi connectivity index (χ0n) is 17.7. The van der Waals surface area contributed by atoms with Crippen molar-refractivity contribution < 1.29 is 9.53 Å². The number of hydrogen-bond acceptors (Lipinski definition) is 5. The molecule has 0 fully saturated rings. The largest absolute Gasteiger partial charge is 0.485 e. The SMILES string of the molecule is Cc1c(OCc2nnc(SCC(=O)Nc3cc(Cl)c(Cl)cc3Cl)n2C)ccc2ccccc12. The molecule has 1 amide bonds. The molecule has 3 aromatic carbocycles. The lowest BCUT2D eigenvalue weighted by atomic mass is 10.0. The van der Waals surface area contributed by atoms with Crippen molar-refractivity contribution in [3.8, 4) is 5.75 Å². The summed E-state index contributed by atoms with van der Waals surface area (Å²) in [6.07, 6.45) is 0. The molecular weight excluding hydrogens is 503 g/mol. The van der Waals surface area contributed by atoms with Crippen molar-refractivity contribution in [2.45, 2.75) is 18.7 Å². The third-order valence-corrected chi connectivity index (χ3v) is 7.10. The molecule has 6 nitrogen and oxygen atoms in total. The molecule has 33 heavy (non-hydrogen) atoms. The van der Waals surface area contributed by atoms with E-state index in [9.17, 15) is 4.79 Å². The highest BCUT2D eigenvalue weighted by Gasteiger charge is 2.14. The van der Waals surface area contributed by atoms with Gasteiger partial charge in [-0.3, -0.25) is 4.79 Å². The van der Waals surface area contributed by atoms with Gasteiger partial charge in [-0.2, -0.15) is 0 Å². The van der Waals surface area contributed by atoms with Crippen LogP contribution in [0, 0.1) is 6.92 Å². The predicted octanol–water partition coefficient (Wildman–Crippen LogP) is 6.55. The number of anilines is 1. The van der Waals surface area contributed by atoms with E-state index >= 15 is 0 Å². The lowest BCUT2D eigenvalue weighted by molar-refractivity contribution is -0.113. The van der Waals surface area contributed by atoms with Crippen LogP contribution >= 0.6 is 46.6 Å². The smallest absolute Gasteiger partial charge is 0.234 e. The van der Waals surface area contributed by atoms with Gasteiger partial charge in [0.05, 0.1) is 26.5 Å². The summed E-state index contributed by atoms with van der Waals surface area (Å²) >= 11 is 19.3. The number of carbonyl (C=O) groups is 1. The summed E-state index contributed by atoms with van der Waals surface area (Å²) in [7, 11) is 1.84. The highest BCUT2D eigenvalue weighted by Crippen LogP contribution is 2.32. The van der Waals surface area contributed by atoms with Crippen LogP contribution in [0.5, 0.6) is 5.75 Å². The molecule has 0 aliphatic rings. The van der Waals surface area contributed by atoms with Crippen LogP contribution < -0.4 is 10.1 Å². The Balaban J connectivity index is 1.37. The number of amides is 1. The number of ether oxygens (including phenoxy) is 1. The van der Waals surface area contributed by atoms with Gasteiger partial charge in [-0.15, -0.1) is 10.2 Å². The van der Waals surface area contributed by atoms with Gasteiger partial charge in [0.15, 0.2) is 11.0 Å². The van der Waals surface area contributed by atoms with E-state index < -0.39 is 0 Å². The van der Waals surface area contributed by atoms with Crippen molar-refractivity contribution in [1.29, 1.82) is 0 Å². The normalized spacial score (nSPS) is 11.1. The van der Waals surface area contributed by atoms with Crippen LogP contribution in [-0.2, 0) is 18.4 Å². The molecule has 1 aromatic heterocycles. The fourth-order valence-corrected chi connectivity index (χ4v) is 4.56. The minimum Gasteiger partial charge on any atom is -0.485 e. The summed E-state index contributed by atoms with van der Waals surface area (Å²) in [6.45, 7) is 2.29. The Morgan fingerprint density at radius 3 is 2.64 bits per heavy atom. The lowest BCUT2D eigenvalue weighted by Gasteiger charge is -2.11. The van der Waals surface area contributed by atoms with E-state index in [0.29, 0.717) is 31.7 Å². The van der Waals surface area contributed by atoms with Gasteiger partial charge in [0, 0.05) is 7.05 Å². The first-order valence-corrected chi connectivity index (χ1v) is 12.0. The quantitative estimate of drug-likeness (QED) is 0.221. The molecule has 10 heteroatoms. The zero-order valence-corrected chi connectivity index (χ0v) is 20.8. The summed E-state index contributed by atoms with van der Waals surface area (Å²) in [5, 5.41) is 15.0. The monoisotopic (exact) mass is 520 g/mol. The summed E-state index contributed by atoms with van der Waals surface area (Å²) < 4.78 is 7.82. The molecular formula is C23H19Cl3N4O2S. The maximum atomic E-state index is 12.4. The molecule has 0 aliphatic heterocycles. The van der Waals surface area contributed by atoms with Crippen molar-refractivity contribution in [3.63, 3.8) is 0 Å². The number of halogens is 3. The number of nitrogens with one attached hydrogen (secondary N) is 1. The molecule has 0 aliphatic carbocycles. The van der Waals surface area contributed by atoms with Crippen LogP contribution in [0.15, 0.2) is 53.7 Å². The summed E-state index contributed by atoms with van der Waals surface area (Å²) in [6, 6.07) is 15.2. The standard InChI is InChI=1S/C23H19Cl3N4O2S/c1-13-15-6-4-3-5-14(15)7-8-20(13)32-11-21-28-29-23(30(21)2)33-12-22(31)27-19-10-17(25)16(24)9-18(19)26/h3-10H,11-12H2,1-2H3,(H,27,31). The van der Waals surface area contributed by atoms with Gasteiger partial charge in [0.1, 0.15) is 12.4 Å². The molecule has 170 valence electrons. The summed E-state index contributed by atoms with van der Waals surface area (Å²) in [5.41, 5.74) is 1.47. The van der Waals surface area contributed by atoms with Crippen LogP contribution in [-0.4, -0.2) is 26.4 Å². The third kappa shape index (κ3) is 5.38. The number of thioether (sulfide) groups is 1. The number of carbonyl (C=O) groups excluding carboxylic acids is 1. The van der Waals surface area contributed by atoms with Gasteiger partial charge in [0.2, 0.25) is 5.91 Å². The van der Waals surface area contributed by atoms with Crippen LogP contribution in [0.3, 0.4) is 0 Å².